The van der Waals surface area contributed by atoms with Crippen molar-refractivity contribution in [1.29, 1.82) is 0 Å². The van der Waals surface area contributed by atoms with Crippen molar-refractivity contribution in [3.63, 3.8) is 0 Å². The molecule has 3 aromatic rings. The molecular formula is C27H26N2O8. The Morgan fingerprint density at radius 1 is 0.811 bits per heavy atom. The molecule has 10 heteroatoms. The minimum absolute atomic E-state index is 0.0804. The first kappa shape index (κ1) is 26.6. The van der Waals surface area contributed by atoms with Gasteiger partial charge in [-0.25, -0.2) is 0 Å². The smallest absolute Gasteiger partial charge is 0.310 e. The Balaban J connectivity index is 1.77. The maximum atomic E-state index is 12.5. The summed E-state index contributed by atoms with van der Waals surface area (Å²) in [6.45, 7) is 0. The zero-order valence-electron chi connectivity index (χ0n) is 20.7. The normalized spacial score (nSPS) is 10.9. The van der Waals surface area contributed by atoms with E-state index in [2.05, 4.69) is 5.32 Å². The van der Waals surface area contributed by atoms with Crippen LogP contribution in [0.3, 0.4) is 0 Å². The lowest BCUT2D eigenvalue weighted by Gasteiger charge is -2.12. The number of aromatic hydroxyl groups is 1. The van der Waals surface area contributed by atoms with Gasteiger partial charge in [-0.05, 0) is 59.2 Å². The minimum Gasteiger partial charge on any atom is -0.506 e. The number of methoxy groups -OCH3 is 4. The molecule has 192 valence electrons. The number of hydrogen-bond donors (Lipinski definition) is 2. The number of nitrogens with one attached hydrogen (secondary N) is 1. The fourth-order valence-corrected chi connectivity index (χ4v) is 3.44. The summed E-state index contributed by atoms with van der Waals surface area (Å²) in [5.74, 6) is 0.978. The predicted octanol–water partition coefficient (Wildman–Crippen LogP) is 5.16. The number of nitro groups is 1. The minimum atomic E-state index is -0.551. The number of amides is 1. The number of phenols is 1. The van der Waals surface area contributed by atoms with Crippen LogP contribution in [0.4, 0.5) is 11.4 Å². The van der Waals surface area contributed by atoms with E-state index in [1.165, 1.54) is 64.9 Å². The molecule has 0 bridgehead atoms. The van der Waals surface area contributed by atoms with Gasteiger partial charge in [0.05, 0.1) is 39.0 Å². The molecule has 0 heterocycles. The highest BCUT2D eigenvalue weighted by molar-refractivity contribution is 6.03. The van der Waals surface area contributed by atoms with Crippen LogP contribution in [-0.4, -0.2) is 44.4 Å². The van der Waals surface area contributed by atoms with E-state index in [0.717, 1.165) is 5.56 Å². The van der Waals surface area contributed by atoms with Crippen molar-refractivity contribution >= 4 is 35.5 Å². The first-order valence-electron chi connectivity index (χ1n) is 10.9. The third-order valence-corrected chi connectivity index (χ3v) is 5.26. The Morgan fingerprint density at radius 2 is 1.38 bits per heavy atom. The van der Waals surface area contributed by atoms with E-state index < -0.39 is 10.8 Å². The summed E-state index contributed by atoms with van der Waals surface area (Å²) in [4.78, 5) is 22.9. The van der Waals surface area contributed by atoms with E-state index in [1.54, 1.807) is 30.3 Å². The lowest BCUT2D eigenvalue weighted by atomic mass is 10.1. The topological polar surface area (TPSA) is 129 Å². The zero-order chi connectivity index (χ0) is 26.9. The molecule has 0 radical (unpaired) electrons. The number of phenolic OH excluding ortho intramolecular Hbond substituents is 1. The maximum absolute atomic E-state index is 12.5. The molecule has 0 aliphatic carbocycles. The molecule has 0 unspecified atom stereocenters. The van der Waals surface area contributed by atoms with Crippen molar-refractivity contribution in [3.8, 4) is 28.7 Å². The van der Waals surface area contributed by atoms with Gasteiger partial charge in [0.1, 0.15) is 5.75 Å². The second kappa shape index (κ2) is 12.1. The van der Waals surface area contributed by atoms with Gasteiger partial charge in [0.15, 0.2) is 17.2 Å². The third-order valence-electron chi connectivity index (χ3n) is 5.26. The second-order valence-corrected chi connectivity index (χ2v) is 7.58. The van der Waals surface area contributed by atoms with Gasteiger partial charge in [-0.15, -0.1) is 0 Å². The van der Waals surface area contributed by atoms with Crippen molar-refractivity contribution in [2.24, 2.45) is 0 Å². The number of anilines is 1. The molecule has 0 aliphatic heterocycles. The highest BCUT2D eigenvalue weighted by Crippen LogP contribution is 2.38. The summed E-state index contributed by atoms with van der Waals surface area (Å²) in [7, 11) is 5.92. The Labute approximate surface area is 213 Å². The molecule has 1 amide bonds. The monoisotopic (exact) mass is 506 g/mol. The van der Waals surface area contributed by atoms with Gasteiger partial charge in [0.2, 0.25) is 11.7 Å². The van der Waals surface area contributed by atoms with Crippen LogP contribution in [0, 0.1) is 10.1 Å². The number of nitro benzene ring substituents is 1. The van der Waals surface area contributed by atoms with E-state index >= 15 is 0 Å². The van der Waals surface area contributed by atoms with Gasteiger partial charge >= 0.3 is 5.69 Å². The molecule has 0 aliphatic rings. The van der Waals surface area contributed by atoms with E-state index in [9.17, 15) is 20.0 Å². The zero-order valence-corrected chi connectivity index (χ0v) is 20.7. The summed E-state index contributed by atoms with van der Waals surface area (Å²) in [5, 5.41) is 23.9. The van der Waals surface area contributed by atoms with Crippen LogP contribution in [0.1, 0.15) is 16.7 Å². The highest BCUT2D eigenvalue weighted by atomic mass is 16.6. The SMILES string of the molecule is COc1cc(/C=C/C(=O)Nc2cc(/C=C/c3cc(OC)c(OC)c(OC)c3)ccc2O)ccc1[N+](=O)[O-]. The standard InChI is InChI=1S/C27H26N2O8/c1-34-23-14-18(7-10-21(23)29(32)33)9-12-26(31)28-20-13-17(8-11-22(20)30)5-6-19-15-24(35-2)27(37-4)25(16-19)36-3/h5-16,30H,1-4H3,(H,28,31)/b6-5+,12-9+. The first-order valence-corrected chi connectivity index (χ1v) is 10.9. The number of hydrogen-bond acceptors (Lipinski definition) is 8. The van der Waals surface area contributed by atoms with Crippen LogP contribution in [0.15, 0.2) is 54.6 Å². The molecule has 0 saturated carbocycles. The molecule has 0 fully saturated rings. The molecule has 2 N–H and O–H groups in total. The Hall–Kier alpha value is -4.99. The molecule has 0 spiro atoms. The van der Waals surface area contributed by atoms with Crippen LogP contribution >= 0.6 is 0 Å². The van der Waals surface area contributed by atoms with E-state index in [4.69, 9.17) is 18.9 Å². The molecule has 0 aromatic heterocycles. The Bertz CT molecular complexity index is 1340. The molecule has 10 nitrogen and oxygen atoms in total. The molecule has 3 aromatic carbocycles. The van der Waals surface area contributed by atoms with Gasteiger partial charge < -0.3 is 29.4 Å². The number of nitrogens with zero attached hydrogens (tertiary/aromatic N) is 1. The van der Waals surface area contributed by atoms with Crippen LogP contribution < -0.4 is 24.3 Å². The van der Waals surface area contributed by atoms with Crippen LogP contribution in [-0.2, 0) is 4.79 Å². The number of rotatable bonds is 10. The first-order chi connectivity index (χ1) is 17.8. The van der Waals surface area contributed by atoms with Gasteiger partial charge in [0.25, 0.3) is 0 Å². The van der Waals surface area contributed by atoms with Crippen LogP contribution in [0.2, 0.25) is 0 Å². The summed E-state index contributed by atoms with van der Waals surface area (Å²) >= 11 is 0. The Morgan fingerprint density at radius 3 is 1.97 bits per heavy atom. The van der Waals surface area contributed by atoms with Crippen molar-refractivity contribution in [1.82, 2.24) is 0 Å². The molecule has 3 rings (SSSR count). The van der Waals surface area contributed by atoms with Crippen molar-refractivity contribution in [2.45, 2.75) is 0 Å². The van der Waals surface area contributed by atoms with E-state index in [-0.39, 0.29) is 22.9 Å². The number of carbonyl (C=O) groups excluding carboxylic acids is 1. The third kappa shape index (κ3) is 6.57. The van der Waals surface area contributed by atoms with Crippen molar-refractivity contribution in [2.75, 3.05) is 33.8 Å². The molecule has 37 heavy (non-hydrogen) atoms. The second-order valence-electron chi connectivity index (χ2n) is 7.58. The summed E-state index contributed by atoms with van der Waals surface area (Å²) in [6.07, 6.45) is 6.35. The highest BCUT2D eigenvalue weighted by Gasteiger charge is 2.14. The fraction of sp³-hybridized carbons (Fsp3) is 0.148. The van der Waals surface area contributed by atoms with Gasteiger partial charge in [0, 0.05) is 12.1 Å². The quantitative estimate of drug-likeness (QED) is 0.127. The summed E-state index contributed by atoms with van der Waals surface area (Å²) < 4.78 is 21.1. The average Bonchev–Trinajstić information content (AvgIpc) is 2.91. The van der Waals surface area contributed by atoms with E-state index in [0.29, 0.717) is 28.4 Å². The van der Waals surface area contributed by atoms with Crippen molar-refractivity contribution < 1.29 is 33.8 Å². The lowest BCUT2D eigenvalue weighted by molar-refractivity contribution is -0.385. The summed E-state index contributed by atoms with van der Waals surface area (Å²) in [6, 6.07) is 12.6. The fourth-order valence-electron chi connectivity index (χ4n) is 3.44. The van der Waals surface area contributed by atoms with Gasteiger partial charge in [-0.1, -0.05) is 18.2 Å². The van der Waals surface area contributed by atoms with Crippen LogP contribution in [0.5, 0.6) is 28.7 Å². The maximum Gasteiger partial charge on any atom is 0.310 e. The lowest BCUT2D eigenvalue weighted by Crippen LogP contribution is -2.08. The van der Waals surface area contributed by atoms with Gasteiger partial charge in [-0.3, -0.25) is 14.9 Å². The number of benzene rings is 3. The number of carbonyl (C=O) groups is 1. The largest absolute Gasteiger partial charge is 0.506 e. The number of ether oxygens (including phenoxy) is 4. The molecule has 0 atom stereocenters. The Kier molecular flexibility index (Phi) is 8.71. The molecule has 0 saturated heterocycles. The van der Waals surface area contributed by atoms with E-state index in [1.807, 2.05) is 6.08 Å². The van der Waals surface area contributed by atoms with Crippen LogP contribution in [0.25, 0.3) is 18.2 Å². The predicted molar refractivity (Wildman–Crippen MR) is 140 cm³/mol. The van der Waals surface area contributed by atoms with Crippen molar-refractivity contribution in [3.05, 3.63) is 81.4 Å². The van der Waals surface area contributed by atoms with Gasteiger partial charge in [-0.2, -0.15) is 0 Å². The summed E-state index contributed by atoms with van der Waals surface area (Å²) in [5.41, 5.74) is 2.07. The molecular weight excluding hydrogens is 480 g/mol. The average molecular weight is 507 g/mol.